The number of piperidine rings is 1. The second-order valence-corrected chi connectivity index (χ2v) is 11.9. The van der Waals surface area contributed by atoms with Gasteiger partial charge in [-0.25, -0.2) is 9.78 Å². The van der Waals surface area contributed by atoms with E-state index in [0.29, 0.717) is 5.92 Å². The molecule has 2 aromatic rings. The van der Waals surface area contributed by atoms with E-state index in [4.69, 9.17) is 4.74 Å². The normalized spacial score (nSPS) is 19.6. The van der Waals surface area contributed by atoms with E-state index in [1.165, 1.54) is 0 Å². The van der Waals surface area contributed by atoms with Crippen molar-refractivity contribution in [3.05, 3.63) is 27.7 Å². The van der Waals surface area contributed by atoms with E-state index in [0.717, 1.165) is 39.1 Å². The standard InChI is InChI=1S/C18H23BrN2O2S.C4H9O.Na/c1-11-5-7-14(21(10-11)17(22)23-18(2,3)4)12-6-8-15-13(9-12)20-16(19)24-15;1-4(2,3)5;/h6,8-9,11,14H,5,7,10H2,1-4H3;1-3H3;/q;-1;+1/t11-,14+;;/m0../s1. The van der Waals surface area contributed by atoms with Crippen molar-refractivity contribution in [3.63, 3.8) is 0 Å². The van der Waals surface area contributed by atoms with Gasteiger partial charge >= 0.3 is 35.7 Å². The summed E-state index contributed by atoms with van der Waals surface area (Å²) < 4.78 is 7.67. The first kappa shape index (κ1) is 27.9. The van der Waals surface area contributed by atoms with Crippen molar-refractivity contribution in [2.45, 2.75) is 78.6 Å². The van der Waals surface area contributed by atoms with Gasteiger partial charge in [0.25, 0.3) is 0 Å². The average molecular weight is 507 g/mol. The number of halogens is 1. The Morgan fingerprint density at radius 3 is 2.40 bits per heavy atom. The summed E-state index contributed by atoms with van der Waals surface area (Å²) in [5, 5.41) is 10.1. The Kier molecular flexibility index (Phi) is 10.3. The average Bonchev–Trinajstić information content (AvgIpc) is 2.90. The number of thiazole rings is 1. The van der Waals surface area contributed by atoms with Crippen molar-refractivity contribution in [2.24, 2.45) is 5.92 Å². The van der Waals surface area contributed by atoms with Crippen LogP contribution in [0.1, 0.15) is 72.9 Å². The molecule has 1 saturated heterocycles. The Balaban J connectivity index is 0.000000674. The molecule has 1 fully saturated rings. The Morgan fingerprint density at radius 1 is 1.23 bits per heavy atom. The molecule has 1 aliphatic heterocycles. The minimum Gasteiger partial charge on any atom is -0.850 e. The fourth-order valence-electron chi connectivity index (χ4n) is 3.15. The third kappa shape index (κ3) is 9.13. The first-order chi connectivity index (χ1) is 13.2. The maximum atomic E-state index is 12.7. The van der Waals surface area contributed by atoms with Crippen LogP contribution in [-0.4, -0.2) is 33.7 Å². The van der Waals surface area contributed by atoms with Crippen LogP contribution >= 0.6 is 27.3 Å². The molecule has 0 spiro atoms. The molecule has 2 heterocycles. The summed E-state index contributed by atoms with van der Waals surface area (Å²) >= 11 is 5.07. The summed E-state index contributed by atoms with van der Waals surface area (Å²) in [6, 6.07) is 6.37. The van der Waals surface area contributed by atoms with Crippen LogP contribution in [0.25, 0.3) is 10.2 Å². The quantitative estimate of drug-likeness (QED) is 0.557. The molecule has 0 aliphatic carbocycles. The van der Waals surface area contributed by atoms with Gasteiger partial charge in [0.2, 0.25) is 0 Å². The number of nitrogens with zero attached hydrogens (tertiary/aromatic N) is 2. The number of ether oxygens (including phenoxy) is 1. The molecule has 0 N–H and O–H groups in total. The van der Waals surface area contributed by atoms with E-state index in [2.05, 4.69) is 46.0 Å². The van der Waals surface area contributed by atoms with E-state index in [-0.39, 0.29) is 41.7 Å². The molecule has 0 unspecified atom stereocenters. The number of aromatic nitrogens is 1. The van der Waals surface area contributed by atoms with Gasteiger partial charge in [-0.05, 0) is 73.2 Å². The van der Waals surface area contributed by atoms with Gasteiger partial charge in [-0.15, -0.1) is 16.9 Å². The predicted octanol–water partition coefficient (Wildman–Crippen LogP) is 2.92. The van der Waals surface area contributed by atoms with Gasteiger partial charge in [0, 0.05) is 6.54 Å². The molecule has 5 nitrogen and oxygen atoms in total. The van der Waals surface area contributed by atoms with Crippen molar-refractivity contribution in [3.8, 4) is 0 Å². The molecule has 162 valence electrons. The molecule has 30 heavy (non-hydrogen) atoms. The van der Waals surface area contributed by atoms with Crippen LogP contribution in [-0.2, 0) is 4.74 Å². The van der Waals surface area contributed by atoms with Crippen LogP contribution in [0.15, 0.2) is 22.1 Å². The van der Waals surface area contributed by atoms with Crippen molar-refractivity contribution >= 4 is 43.6 Å². The second-order valence-electron chi connectivity index (χ2n) is 9.64. The molecule has 1 aromatic heterocycles. The minimum absolute atomic E-state index is 0. The minimum atomic E-state index is -0.750. The summed E-state index contributed by atoms with van der Waals surface area (Å²) in [7, 11) is 0. The van der Waals surface area contributed by atoms with E-state index in [1.807, 2.05) is 25.7 Å². The Morgan fingerprint density at radius 2 is 1.83 bits per heavy atom. The van der Waals surface area contributed by atoms with Crippen LogP contribution in [0.2, 0.25) is 0 Å². The summed E-state index contributed by atoms with van der Waals surface area (Å²) in [6.07, 6.45) is 1.85. The number of amides is 1. The number of hydrogen-bond donors (Lipinski definition) is 0. The third-order valence-corrected chi connectivity index (χ3v) is 5.70. The monoisotopic (exact) mass is 506 g/mol. The molecule has 0 bridgehead atoms. The molecule has 8 heteroatoms. The molecule has 2 atom stereocenters. The van der Waals surface area contributed by atoms with Gasteiger partial charge in [0.05, 0.1) is 16.3 Å². The molecule has 1 aliphatic rings. The van der Waals surface area contributed by atoms with E-state index < -0.39 is 11.2 Å². The zero-order chi connectivity index (χ0) is 22.0. The Bertz CT molecular complexity index is 839. The van der Waals surface area contributed by atoms with E-state index in [9.17, 15) is 9.90 Å². The van der Waals surface area contributed by atoms with Gasteiger partial charge in [-0.2, -0.15) is 0 Å². The van der Waals surface area contributed by atoms with Gasteiger partial charge in [0.15, 0.2) is 3.92 Å². The Hall–Kier alpha value is -0.180. The van der Waals surface area contributed by atoms with Crippen LogP contribution < -0.4 is 34.7 Å². The third-order valence-electron chi connectivity index (χ3n) is 4.22. The van der Waals surface area contributed by atoms with Gasteiger partial charge < -0.3 is 14.7 Å². The van der Waals surface area contributed by atoms with Crippen LogP contribution in [0.4, 0.5) is 4.79 Å². The van der Waals surface area contributed by atoms with Crippen molar-refractivity contribution in [2.75, 3.05) is 6.54 Å². The van der Waals surface area contributed by atoms with Crippen LogP contribution in [0, 0.1) is 5.92 Å². The number of hydrogen-bond acceptors (Lipinski definition) is 5. The molecule has 0 saturated carbocycles. The van der Waals surface area contributed by atoms with Crippen molar-refractivity contribution < 1.29 is 44.2 Å². The first-order valence-electron chi connectivity index (χ1n) is 9.99. The number of benzene rings is 1. The molecular weight excluding hydrogens is 475 g/mol. The summed E-state index contributed by atoms with van der Waals surface area (Å²) in [6.45, 7) is 13.5. The molecule has 1 amide bonds. The fourth-order valence-corrected chi connectivity index (χ4v) is 4.53. The molecule has 0 radical (unpaired) electrons. The van der Waals surface area contributed by atoms with Gasteiger partial charge in [0.1, 0.15) is 5.60 Å². The summed E-state index contributed by atoms with van der Waals surface area (Å²) in [5.74, 6) is 0.492. The largest absolute Gasteiger partial charge is 1.00 e. The zero-order valence-corrected chi connectivity index (χ0v) is 23.8. The fraction of sp³-hybridized carbons (Fsp3) is 0.636. The molecule has 1 aromatic carbocycles. The van der Waals surface area contributed by atoms with E-state index in [1.54, 1.807) is 32.1 Å². The zero-order valence-electron chi connectivity index (χ0n) is 19.4. The SMILES string of the molecule is CC(C)(C)[O-].C[C@H]1CC[C@H](c2ccc3sc(Br)nc3c2)N(C(=O)OC(C)(C)C)C1.[Na+]. The first-order valence-corrected chi connectivity index (χ1v) is 11.6. The van der Waals surface area contributed by atoms with Crippen LogP contribution in [0.5, 0.6) is 0 Å². The number of rotatable bonds is 1. The number of carbonyl (C=O) groups is 1. The van der Waals surface area contributed by atoms with Crippen molar-refractivity contribution in [1.82, 2.24) is 9.88 Å². The van der Waals surface area contributed by atoms with Crippen molar-refractivity contribution in [1.29, 1.82) is 0 Å². The number of likely N-dealkylation sites (tertiary alicyclic amines) is 1. The Labute approximate surface area is 215 Å². The number of fused-ring (bicyclic) bond motifs is 1. The molecular formula is C22H32BrN2NaO3S. The van der Waals surface area contributed by atoms with Crippen LogP contribution in [0.3, 0.4) is 0 Å². The molecule has 3 rings (SSSR count). The summed E-state index contributed by atoms with van der Waals surface area (Å²) in [5.41, 5.74) is 0.886. The topological polar surface area (TPSA) is 65.5 Å². The van der Waals surface area contributed by atoms with Gasteiger partial charge in [-0.1, -0.05) is 33.8 Å². The van der Waals surface area contributed by atoms with Gasteiger partial charge in [-0.3, -0.25) is 0 Å². The maximum absolute atomic E-state index is 12.7. The predicted molar refractivity (Wildman–Crippen MR) is 121 cm³/mol. The summed E-state index contributed by atoms with van der Waals surface area (Å²) in [4.78, 5) is 19.1. The second kappa shape index (κ2) is 11.1. The number of carbonyl (C=O) groups excluding carboxylic acids is 1. The van der Waals surface area contributed by atoms with E-state index >= 15 is 0 Å². The smallest absolute Gasteiger partial charge is 0.850 e. The maximum Gasteiger partial charge on any atom is 1.00 e.